The number of piperidine rings is 1. The van der Waals surface area contributed by atoms with Crippen LogP contribution in [0, 0.1) is 5.82 Å². The molecule has 0 aromatic heterocycles. The van der Waals surface area contributed by atoms with Crippen LogP contribution < -0.4 is 10.1 Å². The Morgan fingerprint density at radius 1 is 1.26 bits per heavy atom. The average Bonchev–Trinajstić information content (AvgIpc) is 3.11. The number of halogens is 1. The standard InChI is InChI=1S/C17H22FN3O2/c1-23-15-6-4-5-14(18)16(15)19-17(22)21-11-7-13(8-12-21)20-9-2-3-10-20/h2-6,13H,7-12H2,1H3,(H,19,22). The molecular formula is C17H22FN3O2. The Morgan fingerprint density at radius 3 is 2.61 bits per heavy atom. The summed E-state index contributed by atoms with van der Waals surface area (Å²) in [6, 6.07) is 4.75. The molecule has 2 aliphatic rings. The topological polar surface area (TPSA) is 44.8 Å². The van der Waals surface area contributed by atoms with E-state index in [9.17, 15) is 9.18 Å². The van der Waals surface area contributed by atoms with Gasteiger partial charge in [-0.2, -0.15) is 0 Å². The minimum Gasteiger partial charge on any atom is -0.494 e. The molecule has 0 radical (unpaired) electrons. The zero-order valence-electron chi connectivity index (χ0n) is 13.3. The van der Waals surface area contributed by atoms with Crippen molar-refractivity contribution in [1.82, 2.24) is 9.80 Å². The number of para-hydroxylation sites is 1. The van der Waals surface area contributed by atoms with Crippen LogP contribution in [-0.4, -0.2) is 55.2 Å². The van der Waals surface area contributed by atoms with Crippen LogP contribution in [0.15, 0.2) is 30.4 Å². The molecule has 0 atom stereocenters. The highest BCUT2D eigenvalue weighted by atomic mass is 19.1. The maximum absolute atomic E-state index is 13.9. The van der Waals surface area contributed by atoms with Gasteiger partial charge in [-0.25, -0.2) is 9.18 Å². The first-order chi connectivity index (χ1) is 11.2. The number of nitrogens with one attached hydrogen (secondary N) is 1. The van der Waals surface area contributed by atoms with Gasteiger partial charge in [0.25, 0.3) is 0 Å². The van der Waals surface area contributed by atoms with Crippen LogP contribution in [0.25, 0.3) is 0 Å². The Morgan fingerprint density at radius 2 is 1.96 bits per heavy atom. The number of carbonyl (C=O) groups excluding carboxylic acids is 1. The molecule has 1 saturated heterocycles. The van der Waals surface area contributed by atoms with Crippen molar-refractivity contribution in [3.63, 3.8) is 0 Å². The second-order valence-corrected chi connectivity index (χ2v) is 5.89. The summed E-state index contributed by atoms with van der Waals surface area (Å²) in [6.45, 7) is 3.38. The Hall–Kier alpha value is -2.08. The molecule has 0 saturated carbocycles. The largest absolute Gasteiger partial charge is 0.494 e. The number of ether oxygens (including phenoxy) is 1. The van der Waals surface area contributed by atoms with Gasteiger partial charge in [-0.15, -0.1) is 0 Å². The molecule has 0 bridgehead atoms. The first kappa shape index (κ1) is 15.8. The van der Waals surface area contributed by atoms with Crippen LogP contribution >= 0.6 is 0 Å². The summed E-state index contributed by atoms with van der Waals surface area (Å²) in [7, 11) is 1.46. The Kier molecular flexibility index (Phi) is 4.81. The first-order valence-electron chi connectivity index (χ1n) is 7.96. The summed E-state index contributed by atoms with van der Waals surface area (Å²) >= 11 is 0. The van der Waals surface area contributed by atoms with E-state index in [1.165, 1.54) is 13.2 Å². The van der Waals surface area contributed by atoms with Gasteiger partial charge in [0.15, 0.2) is 5.82 Å². The van der Waals surface area contributed by atoms with Gasteiger partial charge in [-0.05, 0) is 25.0 Å². The number of hydrogen-bond donors (Lipinski definition) is 1. The molecule has 1 N–H and O–H groups in total. The van der Waals surface area contributed by atoms with Crippen LogP contribution in [-0.2, 0) is 0 Å². The molecule has 2 aliphatic heterocycles. The third-order valence-corrected chi connectivity index (χ3v) is 4.54. The SMILES string of the molecule is COc1cccc(F)c1NC(=O)N1CCC(N2CC=CC2)CC1. The van der Waals surface area contributed by atoms with Gasteiger partial charge >= 0.3 is 6.03 Å². The van der Waals surface area contributed by atoms with E-state index in [1.54, 1.807) is 17.0 Å². The molecule has 23 heavy (non-hydrogen) atoms. The summed E-state index contributed by atoms with van der Waals surface area (Å²) in [5.74, 6) is -0.160. The molecule has 124 valence electrons. The van der Waals surface area contributed by atoms with Crippen molar-refractivity contribution >= 4 is 11.7 Å². The van der Waals surface area contributed by atoms with Gasteiger partial charge in [0.2, 0.25) is 0 Å². The zero-order valence-corrected chi connectivity index (χ0v) is 13.3. The number of anilines is 1. The van der Waals surface area contributed by atoms with E-state index in [0.29, 0.717) is 24.9 Å². The summed E-state index contributed by atoms with van der Waals surface area (Å²) < 4.78 is 19.0. The number of nitrogens with zero attached hydrogens (tertiary/aromatic N) is 2. The van der Waals surface area contributed by atoms with Crippen molar-refractivity contribution in [1.29, 1.82) is 0 Å². The molecule has 5 nitrogen and oxygen atoms in total. The summed E-state index contributed by atoms with van der Waals surface area (Å²) in [5, 5.41) is 2.64. The van der Waals surface area contributed by atoms with Crippen molar-refractivity contribution in [3.05, 3.63) is 36.2 Å². The van der Waals surface area contributed by atoms with Gasteiger partial charge < -0.3 is 15.0 Å². The van der Waals surface area contributed by atoms with Gasteiger partial charge in [-0.1, -0.05) is 18.2 Å². The number of amides is 2. The van der Waals surface area contributed by atoms with Crippen LogP contribution in [0.5, 0.6) is 5.75 Å². The lowest BCUT2D eigenvalue weighted by molar-refractivity contribution is 0.144. The van der Waals surface area contributed by atoms with E-state index in [0.717, 1.165) is 25.9 Å². The quantitative estimate of drug-likeness (QED) is 0.871. The maximum Gasteiger partial charge on any atom is 0.322 e. The van der Waals surface area contributed by atoms with Gasteiger partial charge in [-0.3, -0.25) is 4.90 Å². The smallest absolute Gasteiger partial charge is 0.322 e. The molecule has 0 spiro atoms. The van der Waals surface area contributed by atoms with Crippen LogP contribution in [0.4, 0.5) is 14.9 Å². The summed E-state index contributed by atoms with van der Waals surface area (Å²) in [5.41, 5.74) is 0.103. The predicted octanol–water partition coefficient (Wildman–Crippen LogP) is 2.70. The predicted molar refractivity (Wildman–Crippen MR) is 87.3 cm³/mol. The third-order valence-electron chi connectivity index (χ3n) is 4.54. The number of urea groups is 1. The highest BCUT2D eigenvalue weighted by molar-refractivity contribution is 5.91. The van der Waals surface area contributed by atoms with Crippen LogP contribution in [0.1, 0.15) is 12.8 Å². The Bertz CT molecular complexity index is 590. The minimum absolute atomic E-state index is 0.103. The lowest BCUT2D eigenvalue weighted by atomic mass is 10.0. The van der Waals surface area contributed by atoms with E-state index in [-0.39, 0.29) is 11.7 Å². The molecular weight excluding hydrogens is 297 g/mol. The number of benzene rings is 1. The van der Waals surface area contributed by atoms with Crippen molar-refractivity contribution in [2.45, 2.75) is 18.9 Å². The molecule has 2 heterocycles. The molecule has 1 aromatic carbocycles. The lowest BCUT2D eigenvalue weighted by Gasteiger charge is -2.36. The van der Waals surface area contributed by atoms with E-state index in [2.05, 4.69) is 22.4 Å². The number of carbonyl (C=O) groups is 1. The Labute approximate surface area is 135 Å². The van der Waals surface area contributed by atoms with Crippen molar-refractivity contribution in [2.24, 2.45) is 0 Å². The van der Waals surface area contributed by atoms with E-state index in [1.807, 2.05) is 0 Å². The maximum atomic E-state index is 13.9. The second-order valence-electron chi connectivity index (χ2n) is 5.89. The number of hydrogen-bond acceptors (Lipinski definition) is 3. The van der Waals surface area contributed by atoms with Crippen LogP contribution in [0.3, 0.4) is 0 Å². The van der Waals surface area contributed by atoms with Crippen LogP contribution in [0.2, 0.25) is 0 Å². The van der Waals surface area contributed by atoms with E-state index in [4.69, 9.17) is 4.74 Å². The molecule has 6 heteroatoms. The normalized spacial score (nSPS) is 19.1. The molecule has 1 aromatic rings. The van der Waals surface area contributed by atoms with Gasteiger partial charge in [0.05, 0.1) is 7.11 Å². The highest BCUT2D eigenvalue weighted by Gasteiger charge is 2.27. The number of likely N-dealkylation sites (tertiary alicyclic amines) is 1. The van der Waals surface area contributed by atoms with Crippen molar-refractivity contribution in [3.8, 4) is 5.75 Å². The van der Waals surface area contributed by atoms with Gasteiger partial charge in [0.1, 0.15) is 11.4 Å². The monoisotopic (exact) mass is 319 g/mol. The zero-order chi connectivity index (χ0) is 16.2. The molecule has 0 unspecified atom stereocenters. The Balaban J connectivity index is 1.58. The number of rotatable bonds is 3. The first-order valence-corrected chi connectivity index (χ1v) is 7.96. The fourth-order valence-electron chi connectivity index (χ4n) is 3.21. The molecule has 1 fully saturated rings. The molecule has 3 rings (SSSR count). The third kappa shape index (κ3) is 3.47. The minimum atomic E-state index is -0.490. The van der Waals surface area contributed by atoms with E-state index < -0.39 is 5.82 Å². The molecule has 2 amide bonds. The van der Waals surface area contributed by atoms with Gasteiger partial charge in [0, 0.05) is 32.2 Å². The number of methoxy groups -OCH3 is 1. The van der Waals surface area contributed by atoms with Crippen molar-refractivity contribution in [2.75, 3.05) is 38.6 Å². The van der Waals surface area contributed by atoms with Crippen molar-refractivity contribution < 1.29 is 13.9 Å². The lowest BCUT2D eigenvalue weighted by Crippen LogP contribution is -2.47. The summed E-state index contributed by atoms with van der Waals surface area (Å²) in [6.07, 6.45) is 6.26. The fourth-order valence-corrected chi connectivity index (χ4v) is 3.21. The fraction of sp³-hybridized carbons (Fsp3) is 0.471. The average molecular weight is 319 g/mol. The van der Waals surface area contributed by atoms with E-state index >= 15 is 0 Å². The second kappa shape index (κ2) is 7.00. The summed E-state index contributed by atoms with van der Waals surface area (Å²) in [4.78, 5) is 16.6. The molecule has 0 aliphatic carbocycles. The highest BCUT2D eigenvalue weighted by Crippen LogP contribution is 2.28.